The van der Waals surface area contributed by atoms with Gasteiger partial charge in [0, 0.05) is 11.6 Å². The van der Waals surface area contributed by atoms with Crippen LogP contribution in [0.1, 0.15) is 82.9 Å². The van der Waals surface area contributed by atoms with Crippen molar-refractivity contribution < 1.29 is 10.2 Å². The van der Waals surface area contributed by atoms with Crippen molar-refractivity contribution >= 4 is 0 Å². The zero-order chi connectivity index (χ0) is 16.9. The lowest BCUT2D eigenvalue weighted by molar-refractivity contribution is 0.116. The van der Waals surface area contributed by atoms with Gasteiger partial charge in [0.2, 0.25) is 0 Å². The van der Waals surface area contributed by atoms with Crippen LogP contribution in [-0.4, -0.2) is 22.9 Å². The molecule has 0 radical (unpaired) electrons. The van der Waals surface area contributed by atoms with E-state index in [4.69, 9.17) is 0 Å². The standard InChI is InChI=1S/C20H33NO2/c1-4-5-6-7-11-20(2,3)15-8-9-17(19(23)13-15)18-14-16(22)10-12-21-18/h8-9,13,16,18,21-23H,4-7,10-12,14H2,1-3H3/t16-,18+/m0/s1. The van der Waals surface area contributed by atoms with E-state index in [2.05, 4.69) is 32.2 Å². The van der Waals surface area contributed by atoms with E-state index >= 15 is 0 Å². The second-order valence-electron chi connectivity index (χ2n) is 7.65. The maximum absolute atomic E-state index is 10.5. The molecule has 0 bridgehead atoms. The van der Waals surface area contributed by atoms with Crippen molar-refractivity contribution in [2.24, 2.45) is 0 Å². The van der Waals surface area contributed by atoms with Crippen molar-refractivity contribution in [1.29, 1.82) is 0 Å². The van der Waals surface area contributed by atoms with Gasteiger partial charge in [-0.1, -0.05) is 58.6 Å². The molecular weight excluding hydrogens is 286 g/mol. The Labute approximate surface area is 141 Å². The van der Waals surface area contributed by atoms with Gasteiger partial charge in [-0.15, -0.1) is 0 Å². The fourth-order valence-corrected chi connectivity index (χ4v) is 3.53. The zero-order valence-electron chi connectivity index (χ0n) is 14.9. The molecule has 23 heavy (non-hydrogen) atoms. The predicted molar refractivity (Wildman–Crippen MR) is 95.9 cm³/mol. The Bertz CT molecular complexity index is 498. The molecule has 3 nitrogen and oxygen atoms in total. The SMILES string of the molecule is CCCCCCC(C)(C)c1ccc([C@H]2C[C@@H](O)CCN2)c(O)c1. The number of nitrogens with one attached hydrogen (secondary N) is 1. The van der Waals surface area contributed by atoms with E-state index < -0.39 is 0 Å². The molecule has 1 aromatic carbocycles. The number of aromatic hydroxyl groups is 1. The minimum absolute atomic E-state index is 0.0560. The van der Waals surface area contributed by atoms with Crippen LogP contribution in [0.15, 0.2) is 18.2 Å². The van der Waals surface area contributed by atoms with E-state index in [1.807, 2.05) is 12.1 Å². The Hall–Kier alpha value is -1.06. The molecule has 0 unspecified atom stereocenters. The van der Waals surface area contributed by atoms with Gasteiger partial charge < -0.3 is 15.5 Å². The van der Waals surface area contributed by atoms with Gasteiger partial charge in [0.15, 0.2) is 0 Å². The summed E-state index contributed by atoms with van der Waals surface area (Å²) in [6.45, 7) is 7.56. The number of aliphatic hydroxyl groups excluding tert-OH is 1. The molecule has 1 aromatic rings. The van der Waals surface area contributed by atoms with Gasteiger partial charge in [-0.05, 0) is 42.9 Å². The molecule has 0 aliphatic carbocycles. The number of aliphatic hydroxyl groups is 1. The van der Waals surface area contributed by atoms with E-state index in [9.17, 15) is 10.2 Å². The maximum atomic E-state index is 10.5. The molecule has 3 N–H and O–H groups in total. The minimum Gasteiger partial charge on any atom is -0.508 e. The number of rotatable bonds is 7. The lowest BCUT2D eigenvalue weighted by atomic mass is 9.79. The van der Waals surface area contributed by atoms with Crippen LogP contribution in [0.5, 0.6) is 5.75 Å². The number of hydrogen-bond acceptors (Lipinski definition) is 3. The number of hydrogen-bond donors (Lipinski definition) is 3. The molecule has 3 heteroatoms. The van der Waals surface area contributed by atoms with Crippen LogP contribution in [0.25, 0.3) is 0 Å². The monoisotopic (exact) mass is 319 g/mol. The van der Waals surface area contributed by atoms with Crippen molar-refractivity contribution in [3.63, 3.8) is 0 Å². The number of phenols is 1. The van der Waals surface area contributed by atoms with Gasteiger partial charge in [-0.3, -0.25) is 0 Å². The molecule has 2 rings (SSSR count). The zero-order valence-corrected chi connectivity index (χ0v) is 14.9. The fourth-order valence-electron chi connectivity index (χ4n) is 3.53. The van der Waals surface area contributed by atoms with Gasteiger partial charge in [0.1, 0.15) is 5.75 Å². The molecule has 0 amide bonds. The smallest absolute Gasteiger partial charge is 0.120 e. The van der Waals surface area contributed by atoms with E-state index in [1.54, 1.807) is 0 Å². The minimum atomic E-state index is -0.268. The molecule has 0 aromatic heterocycles. The van der Waals surface area contributed by atoms with Crippen LogP contribution in [-0.2, 0) is 5.41 Å². The Morgan fingerprint density at radius 2 is 2.00 bits per heavy atom. The molecule has 1 heterocycles. The van der Waals surface area contributed by atoms with Gasteiger partial charge in [-0.2, -0.15) is 0 Å². The molecule has 0 saturated carbocycles. The van der Waals surface area contributed by atoms with Crippen LogP contribution in [0, 0.1) is 0 Å². The third-order valence-corrected chi connectivity index (χ3v) is 5.22. The van der Waals surface area contributed by atoms with Gasteiger partial charge in [0.05, 0.1) is 6.10 Å². The van der Waals surface area contributed by atoms with Crippen molar-refractivity contribution in [3.8, 4) is 5.75 Å². The summed E-state index contributed by atoms with van der Waals surface area (Å²) >= 11 is 0. The van der Waals surface area contributed by atoms with E-state index in [1.165, 1.54) is 31.2 Å². The highest BCUT2D eigenvalue weighted by Crippen LogP contribution is 2.36. The van der Waals surface area contributed by atoms with E-state index in [0.29, 0.717) is 12.2 Å². The molecular formula is C20H33NO2. The summed E-state index contributed by atoms with van der Waals surface area (Å²) in [5.74, 6) is 0.357. The van der Waals surface area contributed by atoms with E-state index in [0.717, 1.165) is 24.9 Å². The first-order valence-corrected chi connectivity index (χ1v) is 9.19. The summed E-state index contributed by atoms with van der Waals surface area (Å²) in [7, 11) is 0. The molecule has 1 fully saturated rings. The highest BCUT2D eigenvalue weighted by Gasteiger charge is 2.25. The molecule has 1 aliphatic heterocycles. The number of benzene rings is 1. The summed E-state index contributed by atoms with van der Waals surface area (Å²) in [4.78, 5) is 0. The predicted octanol–water partition coefficient (Wildman–Crippen LogP) is 4.43. The molecule has 2 atom stereocenters. The Kier molecular flexibility index (Phi) is 6.49. The van der Waals surface area contributed by atoms with Gasteiger partial charge in [-0.25, -0.2) is 0 Å². The molecule has 0 spiro atoms. The first-order valence-electron chi connectivity index (χ1n) is 9.19. The first-order chi connectivity index (χ1) is 10.9. The van der Waals surface area contributed by atoms with Crippen LogP contribution >= 0.6 is 0 Å². The lowest BCUT2D eigenvalue weighted by Crippen LogP contribution is -2.34. The van der Waals surface area contributed by atoms with Crippen molar-refractivity contribution in [2.75, 3.05) is 6.54 Å². The lowest BCUT2D eigenvalue weighted by Gasteiger charge is -2.30. The highest BCUT2D eigenvalue weighted by atomic mass is 16.3. The Morgan fingerprint density at radius 3 is 2.65 bits per heavy atom. The van der Waals surface area contributed by atoms with Crippen molar-refractivity contribution in [3.05, 3.63) is 29.3 Å². The molecule has 130 valence electrons. The first kappa shape index (κ1) is 18.3. The van der Waals surface area contributed by atoms with Crippen LogP contribution in [0.3, 0.4) is 0 Å². The Morgan fingerprint density at radius 1 is 1.22 bits per heavy atom. The van der Waals surface area contributed by atoms with Gasteiger partial charge in [0.25, 0.3) is 0 Å². The molecule has 1 aliphatic rings. The largest absolute Gasteiger partial charge is 0.508 e. The van der Waals surface area contributed by atoms with Crippen LogP contribution in [0.2, 0.25) is 0 Å². The van der Waals surface area contributed by atoms with Crippen molar-refractivity contribution in [1.82, 2.24) is 5.32 Å². The third-order valence-electron chi connectivity index (χ3n) is 5.22. The van der Waals surface area contributed by atoms with Crippen LogP contribution < -0.4 is 5.32 Å². The second-order valence-corrected chi connectivity index (χ2v) is 7.65. The van der Waals surface area contributed by atoms with Gasteiger partial charge >= 0.3 is 0 Å². The summed E-state index contributed by atoms with van der Waals surface area (Å²) in [6, 6.07) is 6.17. The maximum Gasteiger partial charge on any atom is 0.120 e. The van der Waals surface area contributed by atoms with E-state index in [-0.39, 0.29) is 17.6 Å². The van der Waals surface area contributed by atoms with Crippen LogP contribution in [0.4, 0.5) is 0 Å². The summed E-state index contributed by atoms with van der Waals surface area (Å²) in [5, 5.41) is 23.7. The highest BCUT2D eigenvalue weighted by molar-refractivity contribution is 5.41. The number of phenolic OH excluding ortho intramolecular Hbond substituents is 1. The topological polar surface area (TPSA) is 52.5 Å². The Balaban J connectivity index is 2.05. The summed E-state index contributed by atoms with van der Waals surface area (Å²) in [5.41, 5.74) is 2.20. The third kappa shape index (κ3) is 4.95. The quantitative estimate of drug-likeness (QED) is 0.652. The summed E-state index contributed by atoms with van der Waals surface area (Å²) < 4.78 is 0. The molecule has 1 saturated heterocycles. The number of piperidine rings is 1. The fraction of sp³-hybridized carbons (Fsp3) is 0.700. The normalized spacial score (nSPS) is 22.3. The average molecular weight is 319 g/mol. The summed E-state index contributed by atoms with van der Waals surface area (Å²) in [6.07, 6.45) is 7.43. The van der Waals surface area contributed by atoms with Crippen molar-refractivity contribution in [2.45, 2.75) is 83.3 Å². The number of unbranched alkanes of at least 4 members (excludes halogenated alkanes) is 3. The second kappa shape index (κ2) is 8.16. The average Bonchev–Trinajstić information content (AvgIpc) is 2.51.